The summed E-state index contributed by atoms with van der Waals surface area (Å²) in [6, 6.07) is 8.58. The number of thioether (sulfide) groups is 1. The molecule has 1 saturated heterocycles. The van der Waals surface area contributed by atoms with Crippen LogP contribution in [0.15, 0.2) is 29.2 Å². The molecule has 1 N–H and O–H groups in total. The lowest BCUT2D eigenvalue weighted by molar-refractivity contribution is -0.156. The van der Waals surface area contributed by atoms with Gasteiger partial charge in [-0.3, -0.25) is 0 Å². The van der Waals surface area contributed by atoms with Crippen LogP contribution in [0, 0.1) is 5.92 Å². The van der Waals surface area contributed by atoms with E-state index in [9.17, 15) is 5.11 Å². The van der Waals surface area contributed by atoms with E-state index in [1.165, 1.54) is 29.7 Å². The summed E-state index contributed by atoms with van der Waals surface area (Å²) in [5.41, 5.74) is 1.55. The van der Waals surface area contributed by atoms with Crippen molar-refractivity contribution in [2.24, 2.45) is 5.92 Å². The minimum atomic E-state index is -0.186. The molecule has 3 atom stereocenters. The summed E-state index contributed by atoms with van der Waals surface area (Å²) in [6.07, 6.45) is 6.63. The second kappa shape index (κ2) is 5.04. The number of rotatable bonds is 2. The van der Waals surface area contributed by atoms with Gasteiger partial charge in [0.25, 0.3) is 0 Å². The number of hydrogen-bond donors (Lipinski definition) is 1. The number of aliphatic hydroxyl groups excluding tert-OH is 1. The molecule has 2 nitrogen and oxygen atoms in total. The predicted molar refractivity (Wildman–Crippen MR) is 81.1 cm³/mol. The van der Waals surface area contributed by atoms with Gasteiger partial charge >= 0.3 is 0 Å². The second-order valence-electron chi connectivity index (χ2n) is 6.60. The molecule has 0 bridgehead atoms. The molecule has 0 amide bonds. The first-order valence-corrected chi connectivity index (χ1v) is 8.70. The van der Waals surface area contributed by atoms with Gasteiger partial charge in [0.05, 0.1) is 11.7 Å². The molecule has 0 radical (unpaired) electrons. The third kappa shape index (κ3) is 2.20. The molecule has 1 saturated carbocycles. The Morgan fingerprint density at radius 1 is 1.30 bits per heavy atom. The van der Waals surface area contributed by atoms with Crippen LogP contribution < -0.4 is 0 Å². The number of ether oxygens (including phenoxy) is 1. The Morgan fingerprint density at radius 2 is 2.15 bits per heavy atom. The van der Waals surface area contributed by atoms with Gasteiger partial charge in [0.15, 0.2) is 0 Å². The number of aliphatic hydroxyl groups is 1. The Kier molecular flexibility index (Phi) is 3.32. The van der Waals surface area contributed by atoms with Crippen LogP contribution in [-0.2, 0) is 11.2 Å². The van der Waals surface area contributed by atoms with Crippen LogP contribution in [0.3, 0.4) is 0 Å². The third-order valence-electron chi connectivity index (χ3n) is 5.33. The number of hydrogen-bond acceptors (Lipinski definition) is 3. The molecule has 20 heavy (non-hydrogen) atoms. The molecule has 108 valence electrons. The van der Waals surface area contributed by atoms with Crippen LogP contribution in [0.25, 0.3) is 0 Å². The second-order valence-corrected chi connectivity index (χ2v) is 7.88. The van der Waals surface area contributed by atoms with E-state index in [0.29, 0.717) is 11.2 Å². The van der Waals surface area contributed by atoms with Crippen LogP contribution >= 0.6 is 11.8 Å². The lowest BCUT2D eigenvalue weighted by atomic mass is 9.70. The van der Waals surface area contributed by atoms with Gasteiger partial charge in [-0.2, -0.15) is 0 Å². The van der Waals surface area contributed by atoms with Gasteiger partial charge in [0.2, 0.25) is 0 Å². The summed E-state index contributed by atoms with van der Waals surface area (Å²) in [5, 5.41) is 11.2. The Hall–Kier alpha value is -0.510. The topological polar surface area (TPSA) is 29.5 Å². The minimum absolute atomic E-state index is 0.139. The molecule has 2 heterocycles. The van der Waals surface area contributed by atoms with Crippen molar-refractivity contribution in [2.45, 2.75) is 60.4 Å². The number of fused-ring (bicyclic) bond motifs is 1. The average molecular weight is 290 g/mol. The summed E-state index contributed by atoms with van der Waals surface area (Å²) in [4.78, 5) is 1.36. The van der Waals surface area contributed by atoms with Gasteiger partial charge in [-0.1, -0.05) is 18.2 Å². The zero-order valence-electron chi connectivity index (χ0n) is 11.8. The summed E-state index contributed by atoms with van der Waals surface area (Å²) in [7, 11) is 0. The summed E-state index contributed by atoms with van der Waals surface area (Å²) in [6.45, 7) is 0.839. The van der Waals surface area contributed by atoms with Gasteiger partial charge in [-0.05, 0) is 56.1 Å². The average Bonchev–Trinajstić information content (AvgIpc) is 2.89. The first kappa shape index (κ1) is 13.2. The van der Waals surface area contributed by atoms with E-state index in [1.807, 2.05) is 11.8 Å². The molecule has 2 aliphatic heterocycles. The zero-order valence-corrected chi connectivity index (χ0v) is 12.6. The van der Waals surface area contributed by atoms with Gasteiger partial charge in [0, 0.05) is 16.8 Å². The molecule has 1 aliphatic carbocycles. The first-order chi connectivity index (χ1) is 9.76. The number of benzene rings is 1. The lowest BCUT2D eigenvalue weighted by Gasteiger charge is -2.48. The maximum Gasteiger partial charge on any atom is 0.0695 e. The Bertz CT molecular complexity index is 473. The fraction of sp³-hybridized carbons (Fsp3) is 0.647. The van der Waals surface area contributed by atoms with Crippen molar-refractivity contribution < 1.29 is 9.84 Å². The molecular formula is C17H22O2S. The Balaban J connectivity index is 1.44. The monoisotopic (exact) mass is 290 g/mol. The first-order valence-electron chi connectivity index (χ1n) is 7.82. The molecule has 1 aromatic rings. The maximum absolute atomic E-state index is 10.8. The van der Waals surface area contributed by atoms with E-state index >= 15 is 0 Å². The zero-order chi connectivity index (χ0) is 13.6. The highest BCUT2D eigenvalue weighted by molar-refractivity contribution is 8.00. The molecule has 3 heteroatoms. The van der Waals surface area contributed by atoms with Crippen LogP contribution in [-0.4, -0.2) is 28.7 Å². The van der Waals surface area contributed by atoms with Crippen molar-refractivity contribution in [1.82, 2.24) is 0 Å². The van der Waals surface area contributed by atoms with Crippen molar-refractivity contribution in [2.75, 3.05) is 6.61 Å². The summed E-state index contributed by atoms with van der Waals surface area (Å²) >= 11 is 1.87. The van der Waals surface area contributed by atoms with Crippen LogP contribution in [0.2, 0.25) is 0 Å². The van der Waals surface area contributed by atoms with E-state index in [2.05, 4.69) is 24.3 Å². The van der Waals surface area contributed by atoms with Crippen molar-refractivity contribution >= 4 is 11.8 Å². The highest BCUT2D eigenvalue weighted by atomic mass is 32.2. The SMILES string of the molecule is OC(C1CCOC2(CCC2)C1)C1Cc2ccccc2S1. The molecule has 1 aromatic carbocycles. The van der Waals surface area contributed by atoms with Crippen molar-refractivity contribution in [3.05, 3.63) is 29.8 Å². The molecule has 1 spiro atoms. The lowest BCUT2D eigenvalue weighted by Crippen LogP contribution is -2.49. The van der Waals surface area contributed by atoms with Crippen molar-refractivity contribution in [3.8, 4) is 0 Å². The van der Waals surface area contributed by atoms with Crippen LogP contribution in [0.4, 0.5) is 0 Å². The van der Waals surface area contributed by atoms with E-state index in [0.717, 1.165) is 25.9 Å². The predicted octanol–water partition coefficient (Wildman–Crippen LogP) is 3.41. The van der Waals surface area contributed by atoms with Crippen LogP contribution in [0.1, 0.15) is 37.7 Å². The van der Waals surface area contributed by atoms with E-state index in [1.54, 1.807) is 0 Å². The van der Waals surface area contributed by atoms with Gasteiger partial charge in [-0.25, -0.2) is 0 Å². The minimum Gasteiger partial charge on any atom is -0.392 e. The maximum atomic E-state index is 10.8. The van der Waals surface area contributed by atoms with Gasteiger partial charge in [0.1, 0.15) is 0 Å². The van der Waals surface area contributed by atoms with E-state index in [4.69, 9.17) is 4.74 Å². The van der Waals surface area contributed by atoms with Gasteiger partial charge in [-0.15, -0.1) is 11.8 Å². The standard InChI is InChI=1S/C17H22O2S/c18-16(13-6-9-19-17(11-13)7-3-8-17)15-10-12-4-1-2-5-14(12)20-15/h1-2,4-5,13,15-16,18H,3,6-11H2. The van der Waals surface area contributed by atoms with Crippen LogP contribution in [0.5, 0.6) is 0 Å². The summed E-state index contributed by atoms with van der Waals surface area (Å²) in [5.74, 6) is 0.427. The van der Waals surface area contributed by atoms with Gasteiger partial charge < -0.3 is 9.84 Å². The molecule has 0 aromatic heterocycles. The Morgan fingerprint density at radius 3 is 2.90 bits per heavy atom. The molecular weight excluding hydrogens is 268 g/mol. The fourth-order valence-electron chi connectivity index (χ4n) is 3.98. The summed E-state index contributed by atoms with van der Waals surface area (Å²) < 4.78 is 5.99. The normalized spacial score (nSPS) is 32.6. The highest BCUT2D eigenvalue weighted by Crippen LogP contribution is 2.47. The molecule has 2 fully saturated rings. The molecule has 3 aliphatic rings. The fourth-order valence-corrected chi connectivity index (χ4v) is 5.39. The quantitative estimate of drug-likeness (QED) is 0.905. The van der Waals surface area contributed by atoms with E-state index in [-0.39, 0.29) is 11.7 Å². The smallest absolute Gasteiger partial charge is 0.0695 e. The molecule has 3 unspecified atom stereocenters. The highest BCUT2D eigenvalue weighted by Gasteiger charge is 2.45. The third-order valence-corrected chi connectivity index (χ3v) is 6.73. The Labute approximate surface area is 124 Å². The van der Waals surface area contributed by atoms with Crippen molar-refractivity contribution in [1.29, 1.82) is 0 Å². The largest absolute Gasteiger partial charge is 0.392 e. The van der Waals surface area contributed by atoms with E-state index < -0.39 is 0 Å². The van der Waals surface area contributed by atoms with Crippen molar-refractivity contribution in [3.63, 3.8) is 0 Å². The molecule has 4 rings (SSSR count).